The van der Waals surface area contributed by atoms with Crippen LogP contribution < -0.4 is 11.1 Å². The number of amides is 5. The van der Waals surface area contributed by atoms with Crippen molar-refractivity contribution < 1.29 is 14.4 Å². The number of nitrogens with two attached hydrogens (primary N) is 1. The van der Waals surface area contributed by atoms with Gasteiger partial charge in [0.2, 0.25) is 5.91 Å². The van der Waals surface area contributed by atoms with Gasteiger partial charge in [-0.25, -0.2) is 19.5 Å². The van der Waals surface area contributed by atoms with E-state index in [9.17, 15) is 14.4 Å². The number of aliphatic imine (C=N–C) groups is 1. The van der Waals surface area contributed by atoms with Crippen LogP contribution in [0.5, 0.6) is 0 Å². The summed E-state index contributed by atoms with van der Waals surface area (Å²) in [6, 6.07) is 24.2. The molecular formula is C28H27ClN4O3. The third-order valence-corrected chi connectivity index (χ3v) is 6.60. The molecule has 1 aliphatic rings. The second kappa shape index (κ2) is 11.2. The van der Waals surface area contributed by atoms with Crippen molar-refractivity contribution in [3.05, 3.63) is 107 Å². The molecule has 1 aliphatic heterocycles. The van der Waals surface area contributed by atoms with Gasteiger partial charge in [0.1, 0.15) is 5.92 Å². The first-order valence-electron chi connectivity index (χ1n) is 11.7. The average Bonchev–Trinajstić information content (AvgIpc) is 2.87. The lowest BCUT2D eigenvalue weighted by molar-refractivity contribution is -0.124. The molecule has 0 bridgehead atoms. The van der Waals surface area contributed by atoms with Gasteiger partial charge in [0, 0.05) is 23.2 Å². The van der Waals surface area contributed by atoms with Crippen LogP contribution in [-0.4, -0.2) is 35.1 Å². The van der Waals surface area contributed by atoms with Gasteiger partial charge < -0.3 is 11.1 Å². The predicted octanol–water partition coefficient (Wildman–Crippen LogP) is 5.31. The number of nitrogens with zero attached hydrogens (tertiary/aromatic N) is 2. The molecule has 5 amide bonds. The third-order valence-electron chi connectivity index (χ3n) is 6.37. The Morgan fingerprint density at radius 1 is 1.00 bits per heavy atom. The zero-order chi connectivity index (χ0) is 25.7. The zero-order valence-corrected chi connectivity index (χ0v) is 20.6. The van der Waals surface area contributed by atoms with Gasteiger partial charge in [0.05, 0.1) is 6.04 Å². The molecule has 3 aromatic rings. The Morgan fingerprint density at radius 3 is 2.17 bits per heavy atom. The quantitative estimate of drug-likeness (QED) is 0.457. The Bertz CT molecular complexity index is 1240. The number of primary amides is 1. The average molecular weight is 503 g/mol. The van der Waals surface area contributed by atoms with Crippen molar-refractivity contribution in [2.45, 2.75) is 25.3 Å². The summed E-state index contributed by atoms with van der Waals surface area (Å²) in [6.07, 6.45) is 0.656. The fourth-order valence-electron chi connectivity index (χ4n) is 4.71. The van der Waals surface area contributed by atoms with E-state index < -0.39 is 24.0 Å². The van der Waals surface area contributed by atoms with Gasteiger partial charge in [-0.05, 0) is 42.2 Å². The summed E-state index contributed by atoms with van der Waals surface area (Å²) in [4.78, 5) is 43.0. The molecule has 4 rings (SSSR count). The third kappa shape index (κ3) is 5.47. The van der Waals surface area contributed by atoms with Crippen molar-refractivity contribution in [1.82, 2.24) is 10.2 Å². The Morgan fingerprint density at radius 2 is 1.61 bits per heavy atom. The van der Waals surface area contributed by atoms with Gasteiger partial charge >= 0.3 is 12.1 Å². The smallest absolute Gasteiger partial charge is 0.352 e. The van der Waals surface area contributed by atoms with E-state index in [0.717, 1.165) is 16.0 Å². The summed E-state index contributed by atoms with van der Waals surface area (Å²) in [5, 5.41) is 3.41. The molecule has 184 valence electrons. The normalized spacial score (nSPS) is 17.6. The largest absolute Gasteiger partial charge is 0.355 e. The minimum atomic E-state index is -0.979. The first-order chi connectivity index (χ1) is 17.4. The molecule has 0 fully saturated rings. The Kier molecular flexibility index (Phi) is 7.80. The molecular weight excluding hydrogens is 476 g/mol. The molecule has 3 aromatic carbocycles. The van der Waals surface area contributed by atoms with Crippen molar-refractivity contribution in [3.8, 4) is 0 Å². The SMILES string of the molecule is CC1=NC(=O)N(C(N)=O)C(c2cccc(Cl)c2)C1C(=O)NCCC(c1ccccc1)c1ccccc1. The van der Waals surface area contributed by atoms with Crippen molar-refractivity contribution >= 4 is 35.3 Å². The summed E-state index contributed by atoms with van der Waals surface area (Å²) in [5.74, 6) is -1.17. The lowest BCUT2D eigenvalue weighted by atomic mass is 9.85. The Hall–Kier alpha value is -3.97. The van der Waals surface area contributed by atoms with Crippen molar-refractivity contribution in [2.24, 2.45) is 16.6 Å². The molecule has 0 radical (unpaired) electrons. The Balaban J connectivity index is 1.58. The first kappa shape index (κ1) is 25.1. The second-order valence-corrected chi connectivity index (χ2v) is 9.11. The van der Waals surface area contributed by atoms with E-state index in [1.165, 1.54) is 0 Å². The number of halogens is 1. The van der Waals surface area contributed by atoms with Gasteiger partial charge in [-0.1, -0.05) is 84.4 Å². The van der Waals surface area contributed by atoms with Crippen LogP contribution in [0.15, 0.2) is 89.9 Å². The van der Waals surface area contributed by atoms with Gasteiger partial charge in [-0.2, -0.15) is 0 Å². The van der Waals surface area contributed by atoms with E-state index in [2.05, 4.69) is 34.6 Å². The highest BCUT2D eigenvalue weighted by Crippen LogP contribution is 2.35. The lowest BCUT2D eigenvalue weighted by Gasteiger charge is -2.36. The summed E-state index contributed by atoms with van der Waals surface area (Å²) in [5.41, 5.74) is 8.66. The molecule has 0 aliphatic carbocycles. The number of urea groups is 2. The van der Waals surface area contributed by atoms with Crippen molar-refractivity contribution in [2.75, 3.05) is 6.54 Å². The predicted molar refractivity (Wildman–Crippen MR) is 140 cm³/mol. The Labute approximate surface area is 215 Å². The number of imide groups is 1. The highest BCUT2D eigenvalue weighted by Gasteiger charge is 2.44. The lowest BCUT2D eigenvalue weighted by Crippen LogP contribution is -2.53. The van der Waals surface area contributed by atoms with Crippen LogP contribution in [0.3, 0.4) is 0 Å². The van der Waals surface area contributed by atoms with Crippen LogP contribution >= 0.6 is 11.6 Å². The first-order valence-corrected chi connectivity index (χ1v) is 12.1. The van der Waals surface area contributed by atoms with Crippen molar-refractivity contribution in [1.29, 1.82) is 0 Å². The second-order valence-electron chi connectivity index (χ2n) is 8.68. The maximum absolute atomic E-state index is 13.5. The maximum Gasteiger partial charge on any atom is 0.352 e. The summed E-state index contributed by atoms with van der Waals surface area (Å²) < 4.78 is 0. The molecule has 1 heterocycles. The van der Waals surface area contributed by atoms with Gasteiger partial charge in [0.25, 0.3) is 0 Å². The van der Waals surface area contributed by atoms with E-state index in [-0.39, 0.29) is 11.8 Å². The molecule has 2 unspecified atom stereocenters. The van der Waals surface area contributed by atoms with Crippen molar-refractivity contribution in [3.63, 3.8) is 0 Å². The molecule has 0 spiro atoms. The number of hydrogen-bond acceptors (Lipinski definition) is 3. The molecule has 3 N–H and O–H groups in total. The fraction of sp³-hybridized carbons (Fsp3) is 0.214. The van der Waals surface area contributed by atoms with Crippen LogP contribution in [0.1, 0.15) is 42.0 Å². The van der Waals surface area contributed by atoms with E-state index in [0.29, 0.717) is 29.3 Å². The van der Waals surface area contributed by atoms with Crippen LogP contribution in [0.4, 0.5) is 9.59 Å². The molecule has 0 saturated heterocycles. The molecule has 36 heavy (non-hydrogen) atoms. The number of rotatable bonds is 7. The van der Waals surface area contributed by atoms with E-state index in [1.807, 2.05) is 36.4 Å². The van der Waals surface area contributed by atoms with Gasteiger partial charge in [-0.3, -0.25) is 4.79 Å². The van der Waals surface area contributed by atoms with E-state index >= 15 is 0 Å². The number of carbonyl (C=O) groups is 3. The standard InChI is InChI=1S/C28H27ClN4O3/c1-18-24(25(21-13-8-14-22(29)17-21)33(27(30)35)28(36)32-18)26(34)31-16-15-23(19-9-4-2-5-10-19)20-11-6-3-7-12-20/h2-14,17,23-25H,15-16H2,1H3,(H2,30,35)(H,31,34). The highest BCUT2D eigenvalue weighted by molar-refractivity contribution is 6.30. The topological polar surface area (TPSA) is 105 Å². The molecule has 8 heteroatoms. The minimum absolute atomic E-state index is 0.0845. The van der Waals surface area contributed by atoms with E-state index in [1.54, 1.807) is 31.2 Å². The maximum atomic E-state index is 13.5. The number of benzene rings is 3. The van der Waals surface area contributed by atoms with Crippen LogP contribution in [-0.2, 0) is 4.79 Å². The minimum Gasteiger partial charge on any atom is -0.355 e. The van der Waals surface area contributed by atoms with Crippen LogP contribution in [0, 0.1) is 5.92 Å². The van der Waals surface area contributed by atoms with E-state index in [4.69, 9.17) is 17.3 Å². The number of hydrogen-bond donors (Lipinski definition) is 2. The van der Waals surface area contributed by atoms with Crippen LogP contribution in [0.25, 0.3) is 0 Å². The number of nitrogens with one attached hydrogen (secondary N) is 1. The summed E-state index contributed by atoms with van der Waals surface area (Å²) in [6.45, 7) is 1.98. The summed E-state index contributed by atoms with van der Waals surface area (Å²) >= 11 is 6.18. The van der Waals surface area contributed by atoms with Crippen LogP contribution in [0.2, 0.25) is 5.02 Å². The number of carbonyl (C=O) groups excluding carboxylic acids is 3. The van der Waals surface area contributed by atoms with Gasteiger partial charge in [0.15, 0.2) is 0 Å². The molecule has 2 atom stereocenters. The zero-order valence-electron chi connectivity index (χ0n) is 19.8. The molecule has 7 nitrogen and oxygen atoms in total. The van der Waals surface area contributed by atoms with Gasteiger partial charge in [-0.15, -0.1) is 0 Å². The fourth-order valence-corrected chi connectivity index (χ4v) is 4.91. The molecule has 0 aromatic heterocycles. The monoisotopic (exact) mass is 502 g/mol. The highest BCUT2D eigenvalue weighted by atomic mass is 35.5. The molecule has 0 saturated carbocycles. The summed E-state index contributed by atoms with van der Waals surface area (Å²) in [7, 11) is 0.